The summed E-state index contributed by atoms with van der Waals surface area (Å²) in [5.41, 5.74) is 7.48. The Morgan fingerprint density at radius 2 is 2.09 bits per heavy atom. The lowest BCUT2D eigenvalue weighted by Crippen LogP contribution is -2.45. The number of hydrogen-bond acceptors (Lipinski definition) is 4. The lowest BCUT2D eigenvalue weighted by molar-refractivity contribution is 0.0709. The maximum Gasteiger partial charge on any atom is 0.253 e. The largest absolute Gasteiger partial charge is 0.487 e. The minimum absolute atomic E-state index is 0.0384. The van der Waals surface area contributed by atoms with Crippen LogP contribution in [0.1, 0.15) is 28.9 Å². The highest BCUT2D eigenvalue weighted by Gasteiger charge is 2.22. The van der Waals surface area contributed by atoms with Gasteiger partial charge in [-0.3, -0.25) is 9.78 Å². The summed E-state index contributed by atoms with van der Waals surface area (Å²) in [4.78, 5) is 18.5. The average Bonchev–Trinajstić information content (AvgIpc) is 2.61. The van der Waals surface area contributed by atoms with Crippen molar-refractivity contribution in [3.63, 3.8) is 0 Å². The predicted octanol–water partition coefficient (Wildman–Crippen LogP) is 2.22. The zero-order chi connectivity index (χ0) is 16.1. The van der Waals surface area contributed by atoms with E-state index in [9.17, 15) is 4.79 Å². The number of benzene rings is 1. The molecule has 5 heteroatoms. The Morgan fingerprint density at radius 3 is 2.78 bits per heavy atom. The summed E-state index contributed by atoms with van der Waals surface area (Å²) in [7, 11) is 0. The zero-order valence-electron chi connectivity index (χ0n) is 13.0. The molecule has 1 amide bonds. The van der Waals surface area contributed by atoms with Crippen LogP contribution in [0.5, 0.6) is 5.75 Å². The van der Waals surface area contributed by atoms with Crippen LogP contribution in [0.25, 0.3) is 0 Å². The molecular formula is C18H21N3O2. The van der Waals surface area contributed by atoms with E-state index in [4.69, 9.17) is 10.5 Å². The number of rotatable bonds is 4. The van der Waals surface area contributed by atoms with Gasteiger partial charge >= 0.3 is 0 Å². The summed E-state index contributed by atoms with van der Waals surface area (Å²) in [5, 5.41) is 0. The third-order valence-corrected chi connectivity index (χ3v) is 3.96. The molecule has 0 bridgehead atoms. The first-order valence-electron chi connectivity index (χ1n) is 7.90. The molecule has 1 aliphatic rings. The van der Waals surface area contributed by atoms with Crippen molar-refractivity contribution in [3.8, 4) is 5.75 Å². The summed E-state index contributed by atoms with van der Waals surface area (Å²) in [6, 6.07) is 13.0. The van der Waals surface area contributed by atoms with Crippen LogP contribution in [0.4, 0.5) is 0 Å². The second-order valence-corrected chi connectivity index (χ2v) is 5.79. The Hall–Kier alpha value is -2.40. The normalized spacial score (nSPS) is 17.8. The Labute approximate surface area is 136 Å². The second kappa shape index (κ2) is 7.24. The van der Waals surface area contributed by atoms with Crippen molar-refractivity contribution in [1.29, 1.82) is 0 Å². The molecule has 1 saturated heterocycles. The lowest BCUT2D eigenvalue weighted by Gasteiger charge is -2.30. The quantitative estimate of drug-likeness (QED) is 0.940. The molecule has 1 aliphatic heterocycles. The molecule has 0 radical (unpaired) electrons. The molecule has 120 valence electrons. The van der Waals surface area contributed by atoms with Gasteiger partial charge in [0.2, 0.25) is 0 Å². The van der Waals surface area contributed by atoms with Crippen LogP contribution in [-0.4, -0.2) is 34.9 Å². The van der Waals surface area contributed by atoms with Crippen molar-refractivity contribution in [2.45, 2.75) is 25.5 Å². The monoisotopic (exact) mass is 311 g/mol. The van der Waals surface area contributed by atoms with Crippen molar-refractivity contribution in [1.82, 2.24) is 9.88 Å². The number of nitrogens with zero attached hydrogens (tertiary/aromatic N) is 2. The molecular weight excluding hydrogens is 290 g/mol. The van der Waals surface area contributed by atoms with Crippen molar-refractivity contribution < 1.29 is 9.53 Å². The van der Waals surface area contributed by atoms with Crippen molar-refractivity contribution in [2.75, 3.05) is 13.1 Å². The van der Waals surface area contributed by atoms with Crippen LogP contribution in [0.2, 0.25) is 0 Å². The molecule has 1 aromatic heterocycles. The highest BCUT2D eigenvalue weighted by atomic mass is 16.5. The molecule has 2 heterocycles. The standard InChI is InChI=1S/C18H21N3O2/c19-15-4-3-11-21(12-15)18(22)14-6-8-17(9-7-14)23-13-16-5-1-2-10-20-16/h1-2,5-10,15H,3-4,11-13,19H2/t15-/m0/s1. The topological polar surface area (TPSA) is 68.5 Å². The van der Waals surface area contributed by atoms with E-state index in [1.165, 1.54) is 0 Å². The number of pyridine rings is 1. The Kier molecular flexibility index (Phi) is 4.88. The number of carbonyl (C=O) groups is 1. The Bertz CT molecular complexity index is 643. The summed E-state index contributed by atoms with van der Waals surface area (Å²) in [6.45, 7) is 1.83. The Morgan fingerprint density at radius 1 is 1.26 bits per heavy atom. The summed E-state index contributed by atoms with van der Waals surface area (Å²) >= 11 is 0. The average molecular weight is 311 g/mol. The van der Waals surface area contributed by atoms with E-state index < -0.39 is 0 Å². The van der Waals surface area contributed by atoms with Crippen LogP contribution in [-0.2, 0) is 6.61 Å². The maximum atomic E-state index is 12.5. The minimum Gasteiger partial charge on any atom is -0.487 e. The van der Waals surface area contributed by atoms with Crippen LogP contribution in [0.3, 0.4) is 0 Å². The fourth-order valence-electron chi connectivity index (χ4n) is 2.71. The van der Waals surface area contributed by atoms with Gasteiger partial charge in [-0.2, -0.15) is 0 Å². The molecule has 0 aliphatic carbocycles. The van der Waals surface area contributed by atoms with E-state index in [0.29, 0.717) is 18.7 Å². The number of carbonyl (C=O) groups excluding carboxylic acids is 1. The van der Waals surface area contributed by atoms with Crippen molar-refractivity contribution in [3.05, 3.63) is 59.9 Å². The van der Waals surface area contributed by atoms with Gasteiger partial charge in [0.05, 0.1) is 5.69 Å². The van der Waals surface area contributed by atoms with Gasteiger partial charge in [-0.15, -0.1) is 0 Å². The third-order valence-electron chi connectivity index (χ3n) is 3.96. The molecule has 1 fully saturated rings. The zero-order valence-corrected chi connectivity index (χ0v) is 13.0. The van der Waals surface area contributed by atoms with Gasteiger partial charge in [0.1, 0.15) is 12.4 Å². The lowest BCUT2D eigenvalue weighted by atomic mass is 10.1. The smallest absolute Gasteiger partial charge is 0.253 e. The number of likely N-dealkylation sites (tertiary alicyclic amines) is 1. The van der Waals surface area contributed by atoms with Crippen LogP contribution < -0.4 is 10.5 Å². The molecule has 3 rings (SSSR count). The molecule has 23 heavy (non-hydrogen) atoms. The molecule has 0 unspecified atom stereocenters. The number of aromatic nitrogens is 1. The fourth-order valence-corrected chi connectivity index (χ4v) is 2.71. The van der Waals surface area contributed by atoms with Crippen molar-refractivity contribution in [2.24, 2.45) is 5.73 Å². The summed E-state index contributed by atoms with van der Waals surface area (Å²) in [5.74, 6) is 0.763. The van der Waals surface area contributed by atoms with E-state index in [-0.39, 0.29) is 11.9 Å². The van der Waals surface area contributed by atoms with Gasteiger partial charge in [0.25, 0.3) is 5.91 Å². The van der Waals surface area contributed by atoms with Crippen LogP contribution in [0, 0.1) is 0 Å². The van der Waals surface area contributed by atoms with E-state index in [1.54, 1.807) is 18.3 Å². The molecule has 1 atom stereocenters. The van der Waals surface area contributed by atoms with Gasteiger partial charge in [-0.05, 0) is 49.2 Å². The number of ether oxygens (including phenoxy) is 1. The SMILES string of the molecule is N[C@H]1CCCN(C(=O)c2ccc(OCc3ccccn3)cc2)C1. The van der Waals surface area contributed by atoms with Crippen LogP contribution in [0.15, 0.2) is 48.7 Å². The molecule has 0 saturated carbocycles. The first-order chi connectivity index (χ1) is 11.2. The van der Waals surface area contributed by atoms with Gasteiger partial charge < -0.3 is 15.4 Å². The van der Waals surface area contributed by atoms with E-state index >= 15 is 0 Å². The predicted molar refractivity (Wildman–Crippen MR) is 88.1 cm³/mol. The molecule has 0 spiro atoms. The highest BCUT2D eigenvalue weighted by molar-refractivity contribution is 5.94. The number of amides is 1. The van der Waals surface area contributed by atoms with Crippen molar-refractivity contribution >= 4 is 5.91 Å². The Balaban J connectivity index is 1.59. The number of hydrogen-bond donors (Lipinski definition) is 1. The van der Waals surface area contributed by atoms with Gasteiger partial charge in [0, 0.05) is 30.9 Å². The molecule has 2 N–H and O–H groups in total. The van der Waals surface area contributed by atoms with Crippen LogP contribution >= 0.6 is 0 Å². The molecule has 2 aromatic rings. The minimum atomic E-state index is 0.0384. The first kappa shape index (κ1) is 15.5. The van der Waals surface area contributed by atoms with Gasteiger partial charge in [-0.25, -0.2) is 0 Å². The first-order valence-corrected chi connectivity index (χ1v) is 7.90. The van der Waals surface area contributed by atoms with E-state index in [1.807, 2.05) is 35.2 Å². The summed E-state index contributed by atoms with van der Waals surface area (Å²) < 4.78 is 5.68. The van der Waals surface area contributed by atoms with Gasteiger partial charge in [0.15, 0.2) is 0 Å². The maximum absolute atomic E-state index is 12.5. The van der Waals surface area contributed by atoms with E-state index in [2.05, 4.69) is 4.98 Å². The molecule has 5 nitrogen and oxygen atoms in total. The summed E-state index contributed by atoms with van der Waals surface area (Å²) in [6.07, 6.45) is 3.70. The number of nitrogens with two attached hydrogens (primary N) is 1. The second-order valence-electron chi connectivity index (χ2n) is 5.79. The van der Waals surface area contributed by atoms with Gasteiger partial charge in [-0.1, -0.05) is 6.07 Å². The van der Waals surface area contributed by atoms with E-state index in [0.717, 1.165) is 30.8 Å². The highest BCUT2D eigenvalue weighted by Crippen LogP contribution is 2.17. The number of piperidine rings is 1. The third kappa shape index (κ3) is 4.07. The molecule has 1 aromatic carbocycles. The fraction of sp³-hybridized carbons (Fsp3) is 0.333.